The highest BCUT2D eigenvalue weighted by molar-refractivity contribution is 5.92. The standard InChI is InChI=1S/C17H35N6.CH4.HI/c1-21(16(18)20-17(19)22-11-4-5-12-22)10-6-9-15-23(2)13-7-3-8-14-23;;/h3-15H2,1-2H3,(H3,18,19,20);1H4;1H/q+1;;/p-1. The molecule has 0 spiro atoms. The number of nitrogens with two attached hydrogens (primary N) is 1. The minimum atomic E-state index is 0. The molecule has 0 aromatic heterocycles. The number of halogens is 1. The van der Waals surface area contributed by atoms with E-state index in [0.717, 1.165) is 38.9 Å². The Labute approximate surface area is 171 Å². The van der Waals surface area contributed by atoms with E-state index in [-0.39, 0.29) is 31.4 Å². The first-order valence-electron chi connectivity index (χ1n) is 9.22. The summed E-state index contributed by atoms with van der Waals surface area (Å²) in [5.41, 5.74) is 6.04. The monoisotopic (exact) mass is 466 g/mol. The Morgan fingerprint density at radius 2 is 1.72 bits per heavy atom. The number of hydrogen-bond acceptors (Lipinski definition) is 1. The molecule has 0 atom stereocenters. The first-order valence-corrected chi connectivity index (χ1v) is 9.22. The van der Waals surface area contributed by atoms with Gasteiger partial charge in [0.2, 0.25) is 5.96 Å². The van der Waals surface area contributed by atoms with E-state index in [1.807, 2.05) is 16.8 Å². The Kier molecular flexibility index (Phi) is 11.7. The number of aliphatic imine (C=N–C) groups is 1. The number of nitrogens with zero attached hydrogens (tertiary/aromatic N) is 4. The summed E-state index contributed by atoms with van der Waals surface area (Å²) < 4.78 is 1.24. The van der Waals surface area contributed by atoms with Crippen LogP contribution in [0, 0.1) is 5.41 Å². The summed E-state index contributed by atoms with van der Waals surface area (Å²) in [6, 6.07) is 0. The van der Waals surface area contributed by atoms with Crippen molar-refractivity contribution in [3.8, 4) is 0 Å². The average Bonchev–Trinajstić information content (AvgIpc) is 3.06. The van der Waals surface area contributed by atoms with Crippen molar-refractivity contribution in [1.29, 1.82) is 5.41 Å². The van der Waals surface area contributed by atoms with Crippen LogP contribution >= 0.6 is 0 Å². The van der Waals surface area contributed by atoms with Crippen LogP contribution in [0.3, 0.4) is 0 Å². The fraction of sp³-hybridized carbons (Fsp3) is 0.889. The third-order valence-corrected chi connectivity index (χ3v) is 5.35. The van der Waals surface area contributed by atoms with Gasteiger partial charge in [-0.05, 0) is 44.9 Å². The Bertz CT molecular complexity index is 414. The third-order valence-electron chi connectivity index (χ3n) is 5.35. The molecule has 6 nitrogen and oxygen atoms in total. The molecule has 0 aromatic carbocycles. The lowest BCUT2D eigenvalue weighted by Gasteiger charge is -2.38. The van der Waals surface area contributed by atoms with Crippen LogP contribution in [0.15, 0.2) is 4.99 Å². The van der Waals surface area contributed by atoms with Gasteiger partial charge in [0, 0.05) is 26.7 Å². The molecule has 2 aliphatic heterocycles. The highest BCUT2D eigenvalue weighted by Crippen LogP contribution is 2.17. The first-order chi connectivity index (χ1) is 11.0. The molecule has 0 saturated carbocycles. The van der Waals surface area contributed by atoms with Crippen molar-refractivity contribution < 1.29 is 28.5 Å². The Morgan fingerprint density at radius 1 is 1.12 bits per heavy atom. The highest BCUT2D eigenvalue weighted by Gasteiger charge is 2.23. The summed E-state index contributed by atoms with van der Waals surface area (Å²) in [5.74, 6) is 0.790. The van der Waals surface area contributed by atoms with Gasteiger partial charge in [-0.3, -0.25) is 5.41 Å². The van der Waals surface area contributed by atoms with Crippen molar-refractivity contribution in [2.75, 3.05) is 53.4 Å². The van der Waals surface area contributed by atoms with Crippen LogP contribution in [-0.4, -0.2) is 79.6 Å². The van der Waals surface area contributed by atoms with Gasteiger partial charge < -0.3 is 44.0 Å². The van der Waals surface area contributed by atoms with E-state index in [1.165, 1.54) is 49.8 Å². The first kappa shape index (κ1) is 24.4. The van der Waals surface area contributed by atoms with Crippen molar-refractivity contribution in [3.63, 3.8) is 0 Å². The lowest BCUT2D eigenvalue weighted by Crippen LogP contribution is -3.00. The molecular formula is C18H39IN6. The molecule has 2 aliphatic rings. The zero-order chi connectivity index (χ0) is 16.7. The van der Waals surface area contributed by atoms with E-state index in [0.29, 0.717) is 11.9 Å². The van der Waals surface area contributed by atoms with Crippen molar-refractivity contribution in [2.45, 2.75) is 52.4 Å². The van der Waals surface area contributed by atoms with E-state index in [2.05, 4.69) is 12.0 Å². The number of likely N-dealkylation sites (tertiary alicyclic amines) is 2. The molecule has 3 N–H and O–H groups in total. The number of hydrogen-bond donors (Lipinski definition) is 2. The second-order valence-corrected chi connectivity index (χ2v) is 7.47. The highest BCUT2D eigenvalue weighted by atomic mass is 127. The molecule has 148 valence electrons. The Balaban J connectivity index is 0.00000288. The van der Waals surface area contributed by atoms with E-state index in [9.17, 15) is 0 Å². The third kappa shape index (κ3) is 8.11. The summed E-state index contributed by atoms with van der Waals surface area (Å²) in [4.78, 5) is 8.26. The second-order valence-electron chi connectivity index (χ2n) is 7.47. The predicted molar refractivity (Wildman–Crippen MR) is 103 cm³/mol. The Morgan fingerprint density at radius 3 is 2.32 bits per heavy atom. The van der Waals surface area contributed by atoms with Gasteiger partial charge in [0.15, 0.2) is 5.96 Å². The fourth-order valence-corrected chi connectivity index (χ4v) is 3.65. The maximum atomic E-state index is 8.01. The Hall–Kier alpha value is -0.570. The SMILES string of the molecule is C.CN(CCCC[N+]1(C)CCCCC1)C(N)=NC(=N)N1CCCC1.[I-]. The van der Waals surface area contributed by atoms with Gasteiger partial charge in [-0.25, -0.2) is 0 Å². The van der Waals surface area contributed by atoms with Gasteiger partial charge in [0.25, 0.3) is 0 Å². The van der Waals surface area contributed by atoms with E-state index < -0.39 is 0 Å². The average molecular weight is 466 g/mol. The molecule has 0 unspecified atom stereocenters. The fourth-order valence-electron chi connectivity index (χ4n) is 3.65. The summed E-state index contributed by atoms with van der Waals surface area (Å²) >= 11 is 0. The van der Waals surface area contributed by atoms with E-state index in [4.69, 9.17) is 11.1 Å². The second kappa shape index (κ2) is 11.9. The van der Waals surface area contributed by atoms with Gasteiger partial charge in [0.05, 0.1) is 26.7 Å². The quantitative estimate of drug-likeness (QED) is 0.186. The van der Waals surface area contributed by atoms with Gasteiger partial charge in [-0.2, -0.15) is 4.99 Å². The zero-order valence-corrected chi connectivity index (χ0v) is 17.6. The number of nitrogens with one attached hydrogen (secondary N) is 1. The van der Waals surface area contributed by atoms with Crippen molar-refractivity contribution in [2.24, 2.45) is 10.7 Å². The zero-order valence-electron chi connectivity index (χ0n) is 15.4. The molecule has 2 fully saturated rings. The van der Waals surface area contributed by atoms with Crippen LogP contribution < -0.4 is 29.7 Å². The molecule has 0 bridgehead atoms. The van der Waals surface area contributed by atoms with Gasteiger partial charge in [0.1, 0.15) is 0 Å². The van der Waals surface area contributed by atoms with Crippen LogP contribution in [0.25, 0.3) is 0 Å². The summed E-state index contributed by atoms with van der Waals surface area (Å²) in [7, 11) is 4.38. The van der Waals surface area contributed by atoms with Gasteiger partial charge in [-0.1, -0.05) is 7.43 Å². The lowest BCUT2D eigenvalue weighted by atomic mass is 10.1. The van der Waals surface area contributed by atoms with Crippen molar-refractivity contribution >= 4 is 11.9 Å². The number of quaternary nitrogens is 1. The summed E-state index contributed by atoms with van der Waals surface area (Å²) in [5, 5.41) is 8.01. The van der Waals surface area contributed by atoms with E-state index in [1.54, 1.807) is 0 Å². The summed E-state index contributed by atoms with van der Waals surface area (Å²) in [6.45, 7) is 6.75. The normalized spacial score (nSPS) is 19.8. The summed E-state index contributed by atoms with van der Waals surface area (Å²) in [6.07, 6.45) is 8.86. The molecular weight excluding hydrogens is 427 g/mol. The molecule has 2 saturated heterocycles. The minimum Gasteiger partial charge on any atom is -1.00 e. The minimum absolute atomic E-state index is 0. The van der Waals surface area contributed by atoms with Gasteiger partial charge in [-0.15, -0.1) is 0 Å². The predicted octanol–water partition coefficient (Wildman–Crippen LogP) is -0.686. The van der Waals surface area contributed by atoms with Gasteiger partial charge >= 0.3 is 0 Å². The number of piperidine rings is 1. The molecule has 0 amide bonds. The molecule has 2 rings (SSSR count). The molecule has 0 aromatic rings. The van der Waals surface area contributed by atoms with Crippen LogP contribution in [0.1, 0.15) is 52.4 Å². The van der Waals surface area contributed by atoms with Crippen LogP contribution in [0.2, 0.25) is 0 Å². The molecule has 0 aliphatic carbocycles. The molecule has 25 heavy (non-hydrogen) atoms. The molecule has 0 radical (unpaired) electrons. The van der Waals surface area contributed by atoms with Crippen LogP contribution in [-0.2, 0) is 0 Å². The van der Waals surface area contributed by atoms with Crippen molar-refractivity contribution in [3.05, 3.63) is 0 Å². The molecule has 7 heteroatoms. The number of guanidine groups is 2. The van der Waals surface area contributed by atoms with Crippen molar-refractivity contribution in [1.82, 2.24) is 9.80 Å². The lowest BCUT2D eigenvalue weighted by molar-refractivity contribution is -0.914. The molecule has 2 heterocycles. The largest absolute Gasteiger partial charge is 1.00 e. The topological polar surface area (TPSA) is 68.7 Å². The maximum Gasteiger partial charge on any atom is 0.221 e. The number of rotatable bonds is 5. The maximum absolute atomic E-state index is 8.01. The smallest absolute Gasteiger partial charge is 0.221 e. The van der Waals surface area contributed by atoms with E-state index >= 15 is 0 Å². The number of unbranched alkanes of at least 4 members (excludes halogenated alkanes) is 1. The van der Waals surface area contributed by atoms with Crippen LogP contribution in [0.5, 0.6) is 0 Å². The van der Waals surface area contributed by atoms with Crippen LogP contribution in [0.4, 0.5) is 0 Å².